The molecule has 0 bridgehead atoms. The lowest BCUT2D eigenvalue weighted by Gasteiger charge is -2.22. The first-order valence-corrected chi connectivity index (χ1v) is 8.11. The maximum Gasteiger partial charge on any atom is 0.231 e. The van der Waals surface area contributed by atoms with E-state index >= 15 is 0 Å². The van der Waals surface area contributed by atoms with E-state index < -0.39 is 0 Å². The highest BCUT2D eigenvalue weighted by molar-refractivity contribution is 5.78. The summed E-state index contributed by atoms with van der Waals surface area (Å²) in [5, 5.41) is 10.3. The van der Waals surface area contributed by atoms with Crippen molar-refractivity contribution in [1.29, 1.82) is 0 Å². The number of hydrogen-bond donors (Lipinski definition) is 2. The van der Waals surface area contributed by atoms with Crippen LogP contribution in [0.25, 0.3) is 11.4 Å². The molecule has 0 spiro atoms. The minimum atomic E-state index is -0.00868. The summed E-state index contributed by atoms with van der Waals surface area (Å²) >= 11 is 0. The van der Waals surface area contributed by atoms with Gasteiger partial charge < -0.3 is 15.2 Å². The summed E-state index contributed by atoms with van der Waals surface area (Å²) in [7, 11) is 0. The van der Waals surface area contributed by atoms with Crippen LogP contribution in [0.5, 0.6) is 0 Å². The maximum absolute atomic E-state index is 12.2. The number of piperidine rings is 1. The summed E-state index contributed by atoms with van der Waals surface area (Å²) < 4.78 is 5.34. The van der Waals surface area contributed by atoms with E-state index in [1.165, 1.54) is 0 Å². The molecule has 3 rings (SSSR count). The molecule has 2 aromatic rings. The molecular weight excluding hydrogens is 292 g/mol. The Hall–Kier alpha value is -2.21. The predicted molar refractivity (Wildman–Crippen MR) is 86.8 cm³/mol. The molecular formula is C17H22N4O2. The van der Waals surface area contributed by atoms with Crippen LogP contribution in [0, 0.1) is 5.92 Å². The van der Waals surface area contributed by atoms with Crippen molar-refractivity contribution in [3.63, 3.8) is 0 Å². The quantitative estimate of drug-likeness (QED) is 0.882. The molecule has 6 nitrogen and oxygen atoms in total. The van der Waals surface area contributed by atoms with Crippen molar-refractivity contribution in [2.45, 2.75) is 25.7 Å². The molecule has 1 saturated heterocycles. The van der Waals surface area contributed by atoms with Crippen LogP contribution in [0.15, 0.2) is 34.9 Å². The summed E-state index contributed by atoms with van der Waals surface area (Å²) in [5.74, 6) is 1.37. The number of carbonyl (C=O) groups is 1. The monoisotopic (exact) mass is 314 g/mol. The van der Waals surface area contributed by atoms with Crippen LogP contribution in [0.2, 0.25) is 0 Å². The van der Waals surface area contributed by atoms with Crippen molar-refractivity contribution in [3.8, 4) is 11.4 Å². The van der Waals surface area contributed by atoms with E-state index in [1.807, 2.05) is 37.3 Å². The lowest BCUT2D eigenvalue weighted by Crippen LogP contribution is -2.39. The van der Waals surface area contributed by atoms with Gasteiger partial charge in [0, 0.05) is 18.0 Å². The van der Waals surface area contributed by atoms with Crippen molar-refractivity contribution >= 4 is 5.91 Å². The zero-order valence-electron chi connectivity index (χ0n) is 13.3. The predicted octanol–water partition coefficient (Wildman–Crippen LogP) is 1.96. The molecule has 1 aliphatic rings. The lowest BCUT2D eigenvalue weighted by atomic mass is 9.97. The van der Waals surface area contributed by atoms with Crippen LogP contribution in [0.3, 0.4) is 0 Å². The Morgan fingerprint density at radius 3 is 2.83 bits per heavy atom. The van der Waals surface area contributed by atoms with Crippen LogP contribution >= 0.6 is 0 Å². The fraction of sp³-hybridized carbons (Fsp3) is 0.471. The third-order valence-corrected chi connectivity index (χ3v) is 4.19. The minimum Gasteiger partial charge on any atom is -0.355 e. The van der Waals surface area contributed by atoms with Gasteiger partial charge in [0.2, 0.25) is 17.6 Å². The van der Waals surface area contributed by atoms with Gasteiger partial charge in [-0.2, -0.15) is 4.98 Å². The molecule has 1 atom stereocenters. The largest absolute Gasteiger partial charge is 0.355 e. The van der Waals surface area contributed by atoms with Crippen LogP contribution in [0.1, 0.15) is 31.6 Å². The topological polar surface area (TPSA) is 80.0 Å². The molecule has 23 heavy (non-hydrogen) atoms. The number of amides is 1. The van der Waals surface area contributed by atoms with Crippen LogP contribution in [-0.2, 0) is 4.79 Å². The number of nitrogens with one attached hydrogen (secondary N) is 2. The first kappa shape index (κ1) is 15.7. The Kier molecular flexibility index (Phi) is 5.02. The number of rotatable bonds is 5. The van der Waals surface area contributed by atoms with Gasteiger partial charge in [0.15, 0.2) is 0 Å². The van der Waals surface area contributed by atoms with Gasteiger partial charge >= 0.3 is 0 Å². The molecule has 0 radical (unpaired) electrons. The molecule has 1 aromatic carbocycles. The van der Waals surface area contributed by atoms with E-state index in [0.717, 1.165) is 31.5 Å². The Balaban J connectivity index is 1.55. The van der Waals surface area contributed by atoms with E-state index in [2.05, 4.69) is 20.8 Å². The van der Waals surface area contributed by atoms with Gasteiger partial charge in [-0.15, -0.1) is 0 Å². The Morgan fingerprint density at radius 1 is 1.35 bits per heavy atom. The normalized spacial score (nSPS) is 16.9. The van der Waals surface area contributed by atoms with Crippen molar-refractivity contribution in [2.75, 3.05) is 19.6 Å². The highest BCUT2D eigenvalue weighted by atomic mass is 16.5. The molecule has 1 unspecified atom stereocenters. The lowest BCUT2D eigenvalue weighted by molar-refractivity contribution is -0.125. The van der Waals surface area contributed by atoms with Crippen LogP contribution in [0.4, 0.5) is 0 Å². The molecule has 1 amide bonds. The van der Waals surface area contributed by atoms with E-state index in [0.29, 0.717) is 18.3 Å². The highest BCUT2D eigenvalue weighted by Gasteiger charge is 2.22. The Labute approximate surface area is 135 Å². The summed E-state index contributed by atoms with van der Waals surface area (Å²) in [6.07, 6.45) is 1.80. The number of nitrogens with zero attached hydrogens (tertiary/aromatic N) is 2. The molecule has 1 aliphatic heterocycles. The zero-order valence-corrected chi connectivity index (χ0v) is 13.3. The van der Waals surface area contributed by atoms with Crippen molar-refractivity contribution in [2.24, 2.45) is 5.92 Å². The molecule has 122 valence electrons. The molecule has 1 fully saturated rings. The van der Waals surface area contributed by atoms with Gasteiger partial charge in [-0.3, -0.25) is 4.79 Å². The second-order valence-corrected chi connectivity index (χ2v) is 5.99. The average Bonchev–Trinajstić information content (AvgIpc) is 3.11. The van der Waals surface area contributed by atoms with Gasteiger partial charge in [-0.05, 0) is 25.9 Å². The molecule has 6 heteroatoms. The first-order valence-electron chi connectivity index (χ1n) is 8.11. The third-order valence-electron chi connectivity index (χ3n) is 4.19. The van der Waals surface area contributed by atoms with Crippen molar-refractivity contribution in [3.05, 3.63) is 36.2 Å². The summed E-state index contributed by atoms with van der Waals surface area (Å²) in [6, 6.07) is 9.71. The Bertz CT molecular complexity index is 635. The Morgan fingerprint density at radius 2 is 2.09 bits per heavy atom. The van der Waals surface area contributed by atoms with Crippen LogP contribution in [-0.4, -0.2) is 35.7 Å². The SMILES string of the molecule is CC(CNC(=O)C1CCNCC1)c1nc(-c2ccccc2)no1. The smallest absolute Gasteiger partial charge is 0.231 e. The van der Waals surface area contributed by atoms with Gasteiger partial charge in [0.1, 0.15) is 0 Å². The summed E-state index contributed by atoms with van der Waals surface area (Å²) in [5.41, 5.74) is 0.924. The third kappa shape index (κ3) is 3.96. The molecule has 1 aromatic heterocycles. The van der Waals surface area contributed by atoms with E-state index in [1.54, 1.807) is 0 Å². The molecule has 0 saturated carbocycles. The fourth-order valence-electron chi connectivity index (χ4n) is 2.71. The first-order chi connectivity index (χ1) is 11.2. The highest BCUT2D eigenvalue weighted by Crippen LogP contribution is 2.19. The molecule has 2 heterocycles. The zero-order chi connectivity index (χ0) is 16.1. The minimum absolute atomic E-state index is 0.00868. The summed E-state index contributed by atoms with van der Waals surface area (Å²) in [4.78, 5) is 16.6. The van der Waals surface area contributed by atoms with E-state index in [4.69, 9.17) is 4.52 Å². The number of hydrogen-bond acceptors (Lipinski definition) is 5. The molecule has 0 aliphatic carbocycles. The van der Waals surface area contributed by atoms with Gasteiger partial charge in [-0.25, -0.2) is 0 Å². The van der Waals surface area contributed by atoms with Crippen molar-refractivity contribution in [1.82, 2.24) is 20.8 Å². The number of benzene rings is 1. The second-order valence-electron chi connectivity index (χ2n) is 5.99. The van der Waals surface area contributed by atoms with Gasteiger partial charge in [-0.1, -0.05) is 42.4 Å². The van der Waals surface area contributed by atoms with E-state index in [9.17, 15) is 4.79 Å². The average molecular weight is 314 g/mol. The number of carbonyl (C=O) groups excluding carboxylic acids is 1. The summed E-state index contributed by atoms with van der Waals surface area (Å²) in [6.45, 7) is 4.32. The fourth-order valence-corrected chi connectivity index (χ4v) is 2.71. The maximum atomic E-state index is 12.2. The standard InChI is InChI=1S/C17H22N4O2/c1-12(11-19-16(22)14-7-9-18-10-8-14)17-20-15(21-23-17)13-5-3-2-4-6-13/h2-6,12,14,18H,7-11H2,1H3,(H,19,22). The van der Waals surface area contributed by atoms with Gasteiger partial charge in [0.25, 0.3) is 0 Å². The molecule has 2 N–H and O–H groups in total. The van der Waals surface area contributed by atoms with Gasteiger partial charge in [0.05, 0.1) is 5.92 Å². The number of aromatic nitrogens is 2. The van der Waals surface area contributed by atoms with E-state index in [-0.39, 0.29) is 17.7 Å². The van der Waals surface area contributed by atoms with Crippen LogP contribution < -0.4 is 10.6 Å². The van der Waals surface area contributed by atoms with Crippen molar-refractivity contribution < 1.29 is 9.32 Å². The second kappa shape index (κ2) is 7.37.